The average molecular weight is 312 g/mol. The van der Waals surface area contributed by atoms with E-state index in [4.69, 9.17) is 11.6 Å². The minimum atomic E-state index is -0.393. The molecule has 1 fully saturated rings. The Morgan fingerprint density at radius 1 is 1.29 bits per heavy atom. The van der Waals surface area contributed by atoms with Gasteiger partial charge in [-0.3, -0.25) is 9.69 Å². The fourth-order valence-electron chi connectivity index (χ4n) is 3.56. The maximum atomic E-state index is 13.9. The SMILES string of the molecule is CCN(CC)C1(C(=O)Cc2ccc(Cl)cc2F)CCCC1. The van der Waals surface area contributed by atoms with Crippen molar-refractivity contribution in [3.05, 3.63) is 34.6 Å². The van der Waals surface area contributed by atoms with E-state index < -0.39 is 5.54 Å². The lowest BCUT2D eigenvalue weighted by molar-refractivity contribution is -0.130. The van der Waals surface area contributed by atoms with Crippen LogP contribution in [-0.2, 0) is 11.2 Å². The predicted molar refractivity (Wildman–Crippen MR) is 84.2 cm³/mol. The Morgan fingerprint density at radius 2 is 1.90 bits per heavy atom. The first-order valence-corrected chi connectivity index (χ1v) is 8.13. The molecule has 0 unspecified atom stereocenters. The highest BCUT2D eigenvalue weighted by atomic mass is 35.5. The zero-order chi connectivity index (χ0) is 15.5. The fraction of sp³-hybridized carbons (Fsp3) is 0.588. The Hall–Kier alpha value is -0.930. The fourth-order valence-corrected chi connectivity index (χ4v) is 3.72. The number of Topliss-reactive ketones (excluding diaryl/α,β-unsaturated/α-hetero) is 1. The molecule has 116 valence electrons. The molecule has 21 heavy (non-hydrogen) atoms. The van der Waals surface area contributed by atoms with E-state index in [1.807, 2.05) is 0 Å². The lowest BCUT2D eigenvalue weighted by atomic mass is 9.86. The van der Waals surface area contributed by atoms with Crippen molar-refractivity contribution in [2.45, 2.75) is 51.5 Å². The summed E-state index contributed by atoms with van der Waals surface area (Å²) < 4.78 is 13.9. The van der Waals surface area contributed by atoms with E-state index in [-0.39, 0.29) is 18.0 Å². The number of carbonyl (C=O) groups is 1. The molecule has 0 aliphatic heterocycles. The summed E-state index contributed by atoms with van der Waals surface area (Å²) in [6.07, 6.45) is 4.08. The van der Waals surface area contributed by atoms with Gasteiger partial charge in [0.2, 0.25) is 0 Å². The van der Waals surface area contributed by atoms with E-state index >= 15 is 0 Å². The van der Waals surface area contributed by atoms with Crippen LogP contribution in [0, 0.1) is 5.82 Å². The molecule has 0 N–H and O–H groups in total. The smallest absolute Gasteiger partial charge is 0.157 e. The van der Waals surface area contributed by atoms with Crippen molar-refractivity contribution in [3.8, 4) is 0 Å². The van der Waals surface area contributed by atoms with Crippen LogP contribution >= 0.6 is 11.6 Å². The summed E-state index contributed by atoms with van der Waals surface area (Å²) >= 11 is 5.77. The first kappa shape index (κ1) is 16.4. The molecule has 0 amide bonds. The third-order valence-corrected chi connectivity index (χ3v) is 4.92. The lowest BCUT2D eigenvalue weighted by Gasteiger charge is -2.39. The van der Waals surface area contributed by atoms with Gasteiger partial charge in [-0.25, -0.2) is 4.39 Å². The molecular formula is C17H23ClFNO. The Kier molecular flexibility index (Phi) is 5.39. The van der Waals surface area contributed by atoms with Crippen molar-refractivity contribution in [3.63, 3.8) is 0 Å². The number of halogens is 2. The first-order valence-electron chi connectivity index (χ1n) is 7.75. The van der Waals surface area contributed by atoms with Gasteiger partial charge in [-0.15, -0.1) is 0 Å². The Bertz CT molecular complexity index is 508. The monoisotopic (exact) mass is 311 g/mol. The topological polar surface area (TPSA) is 20.3 Å². The van der Waals surface area contributed by atoms with Gasteiger partial charge in [-0.1, -0.05) is 44.4 Å². The van der Waals surface area contributed by atoms with Crippen LogP contribution in [0.15, 0.2) is 18.2 Å². The van der Waals surface area contributed by atoms with Crippen LogP contribution < -0.4 is 0 Å². The van der Waals surface area contributed by atoms with E-state index in [0.29, 0.717) is 10.6 Å². The van der Waals surface area contributed by atoms with Gasteiger partial charge in [0.05, 0.1) is 5.54 Å². The molecule has 1 aliphatic carbocycles. The summed E-state index contributed by atoms with van der Waals surface area (Å²) in [6.45, 7) is 5.87. The van der Waals surface area contributed by atoms with Crippen molar-refractivity contribution >= 4 is 17.4 Å². The number of likely N-dealkylation sites (N-methyl/N-ethyl adjacent to an activating group) is 1. The van der Waals surface area contributed by atoms with Crippen LogP contribution in [0.4, 0.5) is 4.39 Å². The van der Waals surface area contributed by atoms with Gasteiger partial charge < -0.3 is 0 Å². The number of carbonyl (C=O) groups excluding carboxylic acids is 1. The van der Waals surface area contributed by atoms with Crippen molar-refractivity contribution < 1.29 is 9.18 Å². The quantitative estimate of drug-likeness (QED) is 0.783. The molecule has 2 nitrogen and oxygen atoms in total. The highest BCUT2D eigenvalue weighted by Crippen LogP contribution is 2.37. The van der Waals surface area contributed by atoms with Crippen molar-refractivity contribution in [1.82, 2.24) is 4.90 Å². The zero-order valence-corrected chi connectivity index (χ0v) is 13.5. The molecule has 1 saturated carbocycles. The molecule has 0 spiro atoms. The van der Waals surface area contributed by atoms with Crippen LogP contribution in [0.25, 0.3) is 0 Å². The van der Waals surface area contributed by atoms with Crippen molar-refractivity contribution in [1.29, 1.82) is 0 Å². The number of nitrogens with zero attached hydrogens (tertiary/aromatic N) is 1. The van der Waals surface area contributed by atoms with Crippen molar-refractivity contribution in [2.75, 3.05) is 13.1 Å². The molecule has 1 aromatic rings. The first-order chi connectivity index (χ1) is 10.0. The molecule has 0 heterocycles. The third-order valence-electron chi connectivity index (χ3n) is 4.68. The van der Waals surface area contributed by atoms with Crippen LogP contribution in [0.1, 0.15) is 45.1 Å². The maximum absolute atomic E-state index is 13.9. The number of benzene rings is 1. The standard InChI is InChI=1S/C17H23ClFNO/c1-3-20(4-2)17(9-5-6-10-17)16(21)11-13-7-8-14(18)12-15(13)19/h7-8,12H,3-6,9-11H2,1-2H3. The molecule has 0 radical (unpaired) electrons. The number of rotatable bonds is 6. The van der Waals surface area contributed by atoms with E-state index in [1.165, 1.54) is 6.07 Å². The number of ketones is 1. The predicted octanol–water partition coefficient (Wildman–Crippen LogP) is 4.25. The Balaban J connectivity index is 2.23. The Morgan fingerprint density at radius 3 is 2.43 bits per heavy atom. The summed E-state index contributed by atoms with van der Waals surface area (Å²) in [7, 11) is 0. The number of hydrogen-bond acceptors (Lipinski definition) is 2. The summed E-state index contributed by atoms with van der Waals surface area (Å²) in [5, 5.41) is 0.364. The second-order valence-corrected chi connectivity index (χ2v) is 6.18. The molecule has 4 heteroatoms. The summed E-state index contributed by atoms with van der Waals surface area (Å²) in [4.78, 5) is 15.1. The minimum absolute atomic E-state index is 0.143. The summed E-state index contributed by atoms with van der Waals surface area (Å²) in [5.41, 5.74) is 0.0538. The van der Waals surface area contributed by atoms with Crippen LogP contribution in [0.3, 0.4) is 0 Å². The van der Waals surface area contributed by atoms with E-state index in [9.17, 15) is 9.18 Å². The molecule has 1 aliphatic rings. The van der Waals surface area contributed by atoms with Crippen molar-refractivity contribution in [2.24, 2.45) is 0 Å². The molecule has 1 aromatic carbocycles. The lowest BCUT2D eigenvalue weighted by Crippen LogP contribution is -2.53. The second kappa shape index (κ2) is 6.89. The highest BCUT2D eigenvalue weighted by molar-refractivity contribution is 6.30. The van der Waals surface area contributed by atoms with Gasteiger partial charge >= 0.3 is 0 Å². The van der Waals surface area contributed by atoms with Gasteiger partial charge in [0.25, 0.3) is 0 Å². The zero-order valence-electron chi connectivity index (χ0n) is 12.8. The number of hydrogen-bond donors (Lipinski definition) is 0. The van der Waals surface area contributed by atoms with Gasteiger partial charge in [0.15, 0.2) is 5.78 Å². The summed E-state index contributed by atoms with van der Waals surface area (Å²) in [5.74, 6) is -0.242. The van der Waals surface area contributed by atoms with Crippen LogP contribution in [0.5, 0.6) is 0 Å². The molecule has 0 atom stereocenters. The molecule has 0 aromatic heterocycles. The van der Waals surface area contributed by atoms with Gasteiger partial charge in [-0.05, 0) is 43.6 Å². The van der Waals surface area contributed by atoms with Crippen LogP contribution in [-0.4, -0.2) is 29.3 Å². The largest absolute Gasteiger partial charge is 0.297 e. The van der Waals surface area contributed by atoms with E-state index in [0.717, 1.165) is 38.8 Å². The maximum Gasteiger partial charge on any atom is 0.157 e. The summed E-state index contributed by atoms with van der Waals surface area (Å²) in [6, 6.07) is 4.55. The van der Waals surface area contributed by atoms with Gasteiger partial charge in [0.1, 0.15) is 5.82 Å². The van der Waals surface area contributed by atoms with Gasteiger partial charge in [0, 0.05) is 11.4 Å². The minimum Gasteiger partial charge on any atom is -0.297 e. The van der Waals surface area contributed by atoms with Crippen LogP contribution in [0.2, 0.25) is 5.02 Å². The van der Waals surface area contributed by atoms with Gasteiger partial charge in [-0.2, -0.15) is 0 Å². The van der Waals surface area contributed by atoms with E-state index in [2.05, 4.69) is 18.7 Å². The normalized spacial score (nSPS) is 17.4. The molecule has 0 bridgehead atoms. The molecule has 0 saturated heterocycles. The highest BCUT2D eigenvalue weighted by Gasteiger charge is 2.44. The third kappa shape index (κ3) is 3.29. The molecular weight excluding hydrogens is 289 g/mol. The second-order valence-electron chi connectivity index (χ2n) is 5.75. The Labute approximate surface area is 131 Å². The van der Waals surface area contributed by atoms with E-state index in [1.54, 1.807) is 12.1 Å². The average Bonchev–Trinajstić information content (AvgIpc) is 2.94. The molecule has 2 rings (SSSR count).